The molecule has 0 fully saturated rings. The molecule has 1 unspecified atom stereocenters. The van der Waals surface area contributed by atoms with Crippen LogP contribution in [0.2, 0.25) is 0 Å². The summed E-state index contributed by atoms with van der Waals surface area (Å²) in [7, 11) is 0. The average Bonchev–Trinajstić information content (AvgIpc) is 2.26. The van der Waals surface area contributed by atoms with Gasteiger partial charge in [-0.3, -0.25) is 0 Å². The Bertz CT molecular complexity index is 421. The highest BCUT2D eigenvalue weighted by molar-refractivity contribution is 5.76. The summed E-state index contributed by atoms with van der Waals surface area (Å²) in [5, 5.41) is 12.1. The maximum atomic E-state index is 11.2. The van der Waals surface area contributed by atoms with Gasteiger partial charge in [0, 0.05) is 6.07 Å². The molecule has 2 N–H and O–H groups in total. The fourth-order valence-corrected chi connectivity index (χ4v) is 1.60. The van der Waals surface area contributed by atoms with Crippen molar-refractivity contribution >= 4 is 11.8 Å². The van der Waals surface area contributed by atoms with Crippen LogP contribution in [0.4, 0.5) is 5.82 Å². The quantitative estimate of drug-likeness (QED) is 0.787. The molecule has 0 bridgehead atoms. The van der Waals surface area contributed by atoms with Crippen LogP contribution >= 0.6 is 0 Å². The first-order valence-electron chi connectivity index (χ1n) is 6.36. The van der Waals surface area contributed by atoms with Crippen molar-refractivity contribution in [3.8, 4) is 5.88 Å². The van der Waals surface area contributed by atoms with Gasteiger partial charge in [0.1, 0.15) is 18.2 Å². The Kier molecular flexibility index (Phi) is 5.54. The number of rotatable bonds is 7. The van der Waals surface area contributed by atoms with Gasteiger partial charge in [-0.15, -0.1) is 0 Å². The Hall–Kier alpha value is -1.85. The monoisotopic (exact) mass is 267 g/mol. The van der Waals surface area contributed by atoms with E-state index >= 15 is 0 Å². The van der Waals surface area contributed by atoms with Crippen LogP contribution in [0.5, 0.6) is 5.88 Å². The van der Waals surface area contributed by atoms with Crippen molar-refractivity contribution in [2.24, 2.45) is 5.92 Å². The minimum absolute atomic E-state index is 0.00804. The molecule has 1 rings (SSSR count). The fraction of sp³-hybridized carbons (Fsp3) is 0.615. The molecule has 0 saturated carbocycles. The van der Waals surface area contributed by atoms with Crippen LogP contribution in [0, 0.1) is 5.92 Å². The van der Waals surface area contributed by atoms with E-state index in [0.717, 1.165) is 0 Å². The average molecular weight is 267 g/mol. The molecule has 0 aliphatic rings. The fourth-order valence-electron chi connectivity index (χ4n) is 1.60. The molecular formula is C13H21N3O3. The summed E-state index contributed by atoms with van der Waals surface area (Å²) in [4.78, 5) is 19.1. The van der Waals surface area contributed by atoms with E-state index < -0.39 is 12.0 Å². The van der Waals surface area contributed by atoms with Gasteiger partial charge in [-0.25, -0.2) is 14.8 Å². The lowest BCUT2D eigenvalue weighted by molar-refractivity contribution is -0.138. The maximum absolute atomic E-state index is 11.2. The van der Waals surface area contributed by atoms with E-state index in [1.165, 1.54) is 6.33 Å². The second-order valence-corrected chi connectivity index (χ2v) is 5.07. The number of hydrogen-bond donors (Lipinski definition) is 2. The summed E-state index contributed by atoms with van der Waals surface area (Å²) >= 11 is 0. The van der Waals surface area contributed by atoms with E-state index in [4.69, 9.17) is 9.84 Å². The third kappa shape index (κ3) is 5.54. The van der Waals surface area contributed by atoms with Gasteiger partial charge in [0.25, 0.3) is 0 Å². The first-order chi connectivity index (χ1) is 8.88. The number of carbonyl (C=O) groups is 1. The standard InChI is InChI=1S/C13H21N3O3/c1-8(2)5-10(13(17)18)16-11-6-12(15-7-14-11)19-9(3)4/h6-10H,5H2,1-4H3,(H,17,18)(H,14,15,16). The van der Waals surface area contributed by atoms with Gasteiger partial charge >= 0.3 is 5.97 Å². The predicted octanol–water partition coefficient (Wildman–Crippen LogP) is 2.17. The van der Waals surface area contributed by atoms with Crippen molar-refractivity contribution in [1.29, 1.82) is 0 Å². The van der Waals surface area contributed by atoms with Crippen LogP contribution in [-0.4, -0.2) is 33.2 Å². The van der Waals surface area contributed by atoms with Gasteiger partial charge in [0.15, 0.2) is 0 Å². The number of anilines is 1. The number of nitrogens with one attached hydrogen (secondary N) is 1. The molecule has 0 aromatic carbocycles. The van der Waals surface area contributed by atoms with Crippen molar-refractivity contribution in [3.63, 3.8) is 0 Å². The van der Waals surface area contributed by atoms with Crippen molar-refractivity contribution in [2.75, 3.05) is 5.32 Å². The van der Waals surface area contributed by atoms with Crippen molar-refractivity contribution in [2.45, 2.75) is 46.3 Å². The summed E-state index contributed by atoms with van der Waals surface area (Å²) < 4.78 is 5.44. The molecule has 1 atom stereocenters. The van der Waals surface area contributed by atoms with Gasteiger partial charge < -0.3 is 15.2 Å². The topological polar surface area (TPSA) is 84.3 Å². The van der Waals surface area contributed by atoms with Crippen LogP contribution in [0.3, 0.4) is 0 Å². The van der Waals surface area contributed by atoms with Crippen LogP contribution in [-0.2, 0) is 4.79 Å². The second kappa shape index (κ2) is 6.92. The van der Waals surface area contributed by atoms with Crippen molar-refractivity contribution < 1.29 is 14.6 Å². The van der Waals surface area contributed by atoms with E-state index in [0.29, 0.717) is 18.1 Å². The number of hydrogen-bond acceptors (Lipinski definition) is 5. The molecule has 1 aromatic heterocycles. The molecule has 106 valence electrons. The van der Waals surface area contributed by atoms with Crippen molar-refractivity contribution in [1.82, 2.24) is 9.97 Å². The van der Waals surface area contributed by atoms with Crippen LogP contribution in [0.15, 0.2) is 12.4 Å². The van der Waals surface area contributed by atoms with Gasteiger partial charge in [0.05, 0.1) is 6.10 Å². The first-order valence-corrected chi connectivity index (χ1v) is 6.36. The third-order valence-electron chi connectivity index (χ3n) is 2.33. The highest BCUT2D eigenvalue weighted by atomic mass is 16.5. The molecule has 0 spiro atoms. The summed E-state index contributed by atoms with van der Waals surface area (Å²) in [5.74, 6) is 0.278. The summed E-state index contributed by atoms with van der Waals surface area (Å²) in [6, 6.07) is 0.942. The molecule has 1 aromatic rings. The Balaban J connectivity index is 2.76. The summed E-state index contributed by atoms with van der Waals surface area (Å²) in [6.45, 7) is 7.75. The van der Waals surface area contributed by atoms with Crippen molar-refractivity contribution in [3.05, 3.63) is 12.4 Å². The number of aliphatic carboxylic acids is 1. The molecule has 19 heavy (non-hydrogen) atoms. The lowest BCUT2D eigenvalue weighted by Crippen LogP contribution is -2.31. The molecule has 0 aliphatic carbocycles. The Morgan fingerprint density at radius 1 is 1.37 bits per heavy atom. The summed E-state index contributed by atoms with van der Waals surface area (Å²) in [5.41, 5.74) is 0. The number of carboxylic acids is 1. The lowest BCUT2D eigenvalue weighted by Gasteiger charge is -2.17. The van der Waals surface area contributed by atoms with Gasteiger partial charge in [-0.05, 0) is 26.2 Å². The molecule has 0 radical (unpaired) electrons. The van der Waals surface area contributed by atoms with E-state index in [1.807, 2.05) is 27.7 Å². The van der Waals surface area contributed by atoms with Gasteiger partial charge in [0.2, 0.25) is 5.88 Å². The van der Waals surface area contributed by atoms with E-state index in [2.05, 4.69) is 15.3 Å². The molecule has 6 heteroatoms. The van der Waals surface area contributed by atoms with Crippen LogP contribution < -0.4 is 10.1 Å². The second-order valence-electron chi connectivity index (χ2n) is 5.07. The largest absolute Gasteiger partial charge is 0.480 e. The Morgan fingerprint density at radius 3 is 2.58 bits per heavy atom. The first kappa shape index (κ1) is 15.2. The summed E-state index contributed by atoms with van der Waals surface area (Å²) in [6.07, 6.45) is 1.89. The molecule has 0 aliphatic heterocycles. The van der Waals surface area contributed by atoms with E-state index in [1.54, 1.807) is 6.07 Å². The molecule has 0 amide bonds. The van der Waals surface area contributed by atoms with E-state index in [9.17, 15) is 4.79 Å². The molecular weight excluding hydrogens is 246 g/mol. The van der Waals surface area contributed by atoms with Gasteiger partial charge in [-0.1, -0.05) is 13.8 Å². The number of carboxylic acid groups (broad SMARTS) is 1. The third-order valence-corrected chi connectivity index (χ3v) is 2.33. The zero-order valence-electron chi connectivity index (χ0n) is 11.8. The Morgan fingerprint density at radius 2 is 2.05 bits per heavy atom. The smallest absolute Gasteiger partial charge is 0.326 e. The Labute approximate surface area is 113 Å². The number of aromatic nitrogens is 2. The zero-order chi connectivity index (χ0) is 14.4. The molecule has 1 heterocycles. The SMILES string of the molecule is CC(C)CC(Nc1cc(OC(C)C)ncn1)C(=O)O. The number of nitrogens with zero attached hydrogens (tertiary/aromatic N) is 2. The normalized spacial score (nSPS) is 12.5. The number of ether oxygens (including phenoxy) is 1. The predicted molar refractivity (Wildman–Crippen MR) is 72.3 cm³/mol. The minimum atomic E-state index is -0.890. The minimum Gasteiger partial charge on any atom is -0.480 e. The van der Waals surface area contributed by atoms with Crippen LogP contribution in [0.25, 0.3) is 0 Å². The molecule has 0 saturated heterocycles. The lowest BCUT2D eigenvalue weighted by atomic mass is 10.0. The maximum Gasteiger partial charge on any atom is 0.326 e. The van der Waals surface area contributed by atoms with Gasteiger partial charge in [-0.2, -0.15) is 0 Å². The highest BCUT2D eigenvalue weighted by Crippen LogP contribution is 2.15. The molecule has 6 nitrogen and oxygen atoms in total. The van der Waals surface area contributed by atoms with E-state index in [-0.39, 0.29) is 12.0 Å². The highest BCUT2D eigenvalue weighted by Gasteiger charge is 2.19. The zero-order valence-corrected chi connectivity index (χ0v) is 11.8. The van der Waals surface area contributed by atoms with Crippen LogP contribution in [0.1, 0.15) is 34.1 Å².